The number of thiazole rings is 1. The molecule has 1 fully saturated rings. The number of nitrogens with one attached hydrogen (secondary N) is 8. The number of halogens is 9. The molecule has 31 heteroatoms. The molecule has 648 valence electrons. The SMILES string of the molecule is CC(C)(C)c1ccc(/C=C/C(=O)Nc2ccc3cc[nH]c3c2)cn1.CC(C)(C)c1ccc(/C=C/C(=O)Nc2ccc3ncsc3c2)cn1.O=C(/C=C/c1ccc(C(F)(F)F)nc1)Nc1ccc2[nH]ccc2c1.O=C(/C=C/c1ccc(C(F)(F)F)nc1)Nc1ccc2cc[nH]c2c1.O=C(/C=C/c1ccc(C(F)(F)F)nc1N1CCCCC1)Nc1cnc2ccccc2c1. The monoisotopic (exact) mass is 1740 g/mol. The average Bonchev–Trinajstić information content (AvgIpc) is 1.71. The van der Waals surface area contributed by atoms with E-state index in [4.69, 9.17) is 0 Å². The second-order valence-corrected chi connectivity index (χ2v) is 31.8. The van der Waals surface area contributed by atoms with E-state index < -0.39 is 41.5 Å². The van der Waals surface area contributed by atoms with Crippen LogP contribution in [0.15, 0.2) is 267 Å². The first-order valence-corrected chi connectivity index (χ1v) is 40.6. The number of H-pyrrole nitrogens is 3. The number of nitrogens with zero attached hydrogens (tertiary/aromatic N) is 8. The number of alkyl halides is 9. The number of hydrogen-bond donors (Lipinski definition) is 8. The minimum Gasteiger partial charge on any atom is -0.361 e. The van der Waals surface area contributed by atoms with Crippen LogP contribution in [0.2, 0.25) is 0 Å². The van der Waals surface area contributed by atoms with Gasteiger partial charge < -0.3 is 46.4 Å². The van der Waals surface area contributed by atoms with E-state index in [9.17, 15) is 63.5 Å². The normalized spacial score (nSPS) is 12.7. The summed E-state index contributed by atoms with van der Waals surface area (Å²) in [5, 5.41) is 17.8. The smallest absolute Gasteiger partial charge is 0.361 e. The molecular weight excluding hydrogens is 1660 g/mol. The standard InChI is InChI=1S/C23H21F3N4O.C20H21N3O.C19H19N3OS.2C17H12F3N3O/c24-23(25,26)20-10-8-16(22(29-20)30-12-4-1-5-13-30)9-11-21(31)28-18-14-17-6-2-3-7-19(17)27-15-18;1-20(2,3)18-8-4-14(13-22-18)5-9-19(24)23-16-7-6-15-10-11-21-17(15)12-16;1-19(2,3)17-8-4-13(11-20-17)5-9-18(23)22-14-6-7-15-16(10-14)24-12-21-15;18-17(19,20)15-5-1-11(10-22-15)2-6-16(24)23-13-3-4-14-12(9-13)7-8-21-14;18-17(19,20)15-5-1-11(10-22-15)2-6-16(24)23-13-4-3-12-7-8-21-14(12)9-13/h2-3,6-11,14-15H,1,4-5,12-13H2,(H,28,31);4-13,21H,1-3H3,(H,23,24);4-12H,1-3H3,(H,22,23);2*1-10,21H,(H,23,24)/b11-9+;2*9-5+;2*6-2+. The summed E-state index contributed by atoms with van der Waals surface area (Å²) in [7, 11) is 0. The molecule has 11 heterocycles. The van der Waals surface area contributed by atoms with Crippen molar-refractivity contribution >= 4 is 159 Å². The lowest BCUT2D eigenvalue weighted by atomic mass is 9.91. The predicted octanol–water partition coefficient (Wildman–Crippen LogP) is 22.9. The van der Waals surface area contributed by atoms with Gasteiger partial charge in [-0.2, -0.15) is 39.5 Å². The first-order chi connectivity index (χ1) is 60.6. The quantitative estimate of drug-likeness (QED) is 0.0330. The zero-order valence-corrected chi connectivity index (χ0v) is 70.1. The van der Waals surface area contributed by atoms with E-state index in [-0.39, 0.29) is 40.3 Å². The number of amides is 5. The van der Waals surface area contributed by atoms with E-state index >= 15 is 0 Å². The summed E-state index contributed by atoms with van der Waals surface area (Å²) in [6, 6.07) is 51.9. The van der Waals surface area contributed by atoms with Gasteiger partial charge in [0.25, 0.3) is 0 Å². The van der Waals surface area contributed by atoms with E-state index in [2.05, 4.69) is 118 Å². The maximum Gasteiger partial charge on any atom is 0.433 e. The number of aromatic nitrogens is 10. The fourth-order valence-corrected chi connectivity index (χ4v) is 13.3. The van der Waals surface area contributed by atoms with Gasteiger partial charge >= 0.3 is 18.5 Å². The van der Waals surface area contributed by atoms with Crippen molar-refractivity contribution < 1.29 is 63.5 Å². The molecule has 8 N–H and O–H groups in total. The fraction of sp³-hybridized carbons (Fsp3) is 0.167. The second kappa shape index (κ2) is 41.0. The number of hydrogen-bond acceptors (Lipinski definition) is 14. The van der Waals surface area contributed by atoms with Crippen LogP contribution < -0.4 is 31.5 Å². The van der Waals surface area contributed by atoms with Crippen LogP contribution in [-0.2, 0) is 53.3 Å². The Kier molecular flexibility index (Phi) is 29.4. The van der Waals surface area contributed by atoms with Gasteiger partial charge in [0.15, 0.2) is 0 Å². The molecule has 1 aliphatic rings. The number of fused-ring (bicyclic) bond motifs is 5. The number of rotatable bonds is 16. The van der Waals surface area contributed by atoms with Crippen LogP contribution in [0.1, 0.15) is 117 Å². The van der Waals surface area contributed by atoms with Crippen LogP contribution in [0.3, 0.4) is 0 Å². The van der Waals surface area contributed by atoms with Gasteiger partial charge in [-0.15, -0.1) is 11.3 Å². The highest BCUT2D eigenvalue weighted by Crippen LogP contribution is 2.35. The second-order valence-electron chi connectivity index (χ2n) is 31.0. The van der Waals surface area contributed by atoms with Crippen molar-refractivity contribution in [3.8, 4) is 0 Å². The molecule has 0 bridgehead atoms. The number of carbonyl (C=O) groups excluding carboxylic acids is 5. The van der Waals surface area contributed by atoms with Gasteiger partial charge in [-0.05, 0) is 210 Å². The maximum absolute atomic E-state index is 13.2. The van der Waals surface area contributed by atoms with E-state index in [0.717, 1.165) is 138 Å². The highest BCUT2D eigenvalue weighted by Gasteiger charge is 2.35. The summed E-state index contributed by atoms with van der Waals surface area (Å²) in [5.41, 5.74) is 12.0. The first kappa shape index (κ1) is 91.2. The van der Waals surface area contributed by atoms with Crippen LogP contribution in [0.5, 0.6) is 0 Å². The Morgan fingerprint density at radius 3 is 1.22 bits per heavy atom. The van der Waals surface area contributed by atoms with Crippen LogP contribution in [0.25, 0.3) is 84.2 Å². The van der Waals surface area contributed by atoms with Gasteiger partial charge in [-0.1, -0.05) is 96.1 Å². The number of carbonyl (C=O) groups is 5. The molecule has 0 radical (unpaired) electrons. The van der Waals surface area contributed by atoms with E-state index in [0.29, 0.717) is 46.8 Å². The Hall–Kier alpha value is -15.0. The van der Waals surface area contributed by atoms with Crippen LogP contribution in [0.4, 0.5) is 73.8 Å². The van der Waals surface area contributed by atoms with Crippen molar-refractivity contribution in [1.29, 1.82) is 0 Å². The molecule has 0 saturated carbocycles. The lowest BCUT2D eigenvalue weighted by Crippen LogP contribution is -2.31. The van der Waals surface area contributed by atoms with Gasteiger partial charge in [0.05, 0.1) is 33.1 Å². The van der Waals surface area contributed by atoms with E-state index in [1.165, 1.54) is 66.8 Å². The Bertz CT molecular complexity index is 5910. The van der Waals surface area contributed by atoms with Crippen molar-refractivity contribution in [2.75, 3.05) is 44.6 Å². The number of aromatic amines is 3. The summed E-state index contributed by atoms with van der Waals surface area (Å²) < 4.78 is 115. The molecule has 10 aromatic heterocycles. The van der Waals surface area contributed by atoms with E-state index in [1.807, 2.05) is 138 Å². The minimum absolute atomic E-state index is 0.0227. The highest BCUT2D eigenvalue weighted by atomic mass is 32.1. The molecule has 127 heavy (non-hydrogen) atoms. The van der Waals surface area contributed by atoms with Crippen LogP contribution >= 0.6 is 11.3 Å². The third-order valence-electron chi connectivity index (χ3n) is 19.2. The number of anilines is 6. The lowest BCUT2D eigenvalue weighted by molar-refractivity contribution is -0.142. The zero-order valence-electron chi connectivity index (χ0n) is 69.3. The van der Waals surface area contributed by atoms with Gasteiger partial charge in [-0.3, -0.25) is 48.9 Å². The molecule has 5 aromatic carbocycles. The average molecular weight is 1750 g/mol. The number of para-hydroxylation sites is 1. The summed E-state index contributed by atoms with van der Waals surface area (Å²) >= 11 is 1.55. The Morgan fingerprint density at radius 2 is 0.756 bits per heavy atom. The molecule has 15 aromatic rings. The minimum atomic E-state index is -4.52. The van der Waals surface area contributed by atoms with Crippen molar-refractivity contribution in [2.24, 2.45) is 0 Å². The zero-order chi connectivity index (χ0) is 90.5. The predicted molar refractivity (Wildman–Crippen MR) is 484 cm³/mol. The molecule has 0 spiro atoms. The topological polar surface area (TPSA) is 286 Å². The van der Waals surface area contributed by atoms with Gasteiger partial charge in [0.1, 0.15) is 22.9 Å². The van der Waals surface area contributed by atoms with Crippen molar-refractivity contribution in [2.45, 2.75) is 90.2 Å². The summed E-state index contributed by atoms with van der Waals surface area (Å²) in [6.07, 6.45) is 16.8. The number of pyridine rings is 6. The highest BCUT2D eigenvalue weighted by molar-refractivity contribution is 7.16. The van der Waals surface area contributed by atoms with Gasteiger partial charge in [0, 0.05) is 165 Å². The van der Waals surface area contributed by atoms with Crippen LogP contribution in [-0.4, -0.2) is 92.5 Å². The molecule has 0 aliphatic carbocycles. The summed E-state index contributed by atoms with van der Waals surface area (Å²) in [4.78, 5) is 99.3. The Labute approximate surface area is 727 Å². The number of piperidine rings is 1. The van der Waals surface area contributed by atoms with Crippen LogP contribution in [0, 0.1) is 0 Å². The fourth-order valence-electron chi connectivity index (χ4n) is 12.6. The molecular formula is C96H85F9N16O5S. The molecule has 0 atom stereocenters. The molecule has 0 unspecified atom stereocenters. The molecule has 1 saturated heterocycles. The van der Waals surface area contributed by atoms with Crippen molar-refractivity contribution in [1.82, 2.24) is 49.8 Å². The molecule has 16 rings (SSSR count). The maximum atomic E-state index is 13.2. The molecule has 21 nitrogen and oxygen atoms in total. The molecule has 1 aliphatic heterocycles. The van der Waals surface area contributed by atoms with Gasteiger partial charge in [0.2, 0.25) is 29.5 Å². The summed E-state index contributed by atoms with van der Waals surface area (Å²) in [5.74, 6) is -1.25. The van der Waals surface area contributed by atoms with E-state index in [1.54, 1.807) is 78.2 Å². The summed E-state index contributed by atoms with van der Waals surface area (Å²) in [6.45, 7) is 14.0. The number of benzene rings is 5. The largest absolute Gasteiger partial charge is 0.433 e. The Morgan fingerprint density at radius 1 is 0.354 bits per heavy atom. The van der Waals surface area contributed by atoms with Crippen molar-refractivity contribution in [3.05, 3.63) is 324 Å². The molecule has 5 amide bonds. The third-order valence-corrected chi connectivity index (χ3v) is 20.0. The van der Waals surface area contributed by atoms with Crippen molar-refractivity contribution in [3.63, 3.8) is 0 Å². The lowest BCUT2D eigenvalue weighted by Gasteiger charge is -2.29. The third kappa shape index (κ3) is 27.0. The Balaban J connectivity index is 0.000000145. The first-order valence-electron chi connectivity index (χ1n) is 39.7. The van der Waals surface area contributed by atoms with Gasteiger partial charge in [-0.25, -0.2) is 9.97 Å².